The van der Waals surface area contributed by atoms with E-state index >= 15 is 0 Å². The molecule has 1 aromatic carbocycles. The molecule has 0 aromatic heterocycles. The third-order valence-corrected chi connectivity index (χ3v) is 3.73. The van der Waals surface area contributed by atoms with Crippen LogP contribution in [0, 0.1) is 10.1 Å². The van der Waals surface area contributed by atoms with Crippen molar-refractivity contribution in [1.82, 2.24) is 0 Å². The summed E-state index contributed by atoms with van der Waals surface area (Å²) in [5.41, 5.74) is 7.91. The Balaban J connectivity index is 3.64. The third kappa shape index (κ3) is 5.20. The maximum absolute atomic E-state index is 11.4. The van der Waals surface area contributed by atoms with Crippen molar-refractivity contribution in [3.8, 4) is 5.75 Å². The smallest absolute Gasteiger partial charge is 0.311 e. The summed E-state index contributed by atoms with van der Waals surface area (Å²) in [6, 6.07) is 3.24. The molecule has 0 amide bonds. The highest BCUT2D eigenvalue weighted by Gasteiger charge is 2.23. The predicted molar refractivity (Wildman–Crippen MR) is 104 cm³/mol. The number of allylic oxidation sites excluding steroid dienone is 1. The van der Waals surface area contributed by atoms with Crippen molar-refractivity contribution < 1.29 is 9.66 Å². The molecule has 0 aliphatic rings. The Bertz CT molecular complexity index is 635. The minimum Gasteiger partial charge on any atom is -0.490 e. The number of nitro groups is 1. The Hall–Kier alpha value is -2.57. The number of benzene rings is 1. The van der Waals surface area contributed by atoms with Gasteiger partial charge in [-0.1, -0.05) is 13.8 Å². The molecule has 25 heavy (non-hydrogen) atoms. The maximum Gasteiger partial charge on any atom is 0.311 e. The average molecular weight is 348 g/mol. The van der Waals surface area contributed by atoms with E-state index in [0.29, 0.717) is 17.7 Å². The number of aliphatic imine (C=N–C) groups is 1. The quantitative estimate of drug-likeness (QED) is 0.396. The molecule has 0 radical (unpaired) electrons. The Kier molecular flexibility index (Phi) is 8.46. The van der Waals surface area contributed by atoms with E-state index in [9.17, 15) is 10.1 Å². The van der Waals surface area contributed by atoms with Crippen LogP contribution in [-0.2, 0) is 0 Å². The summed E-state index contributed by atoms with van der Waals surface area (Å²) >= 11 is 0. The number of nitrogens with zero attached hydrogens (tertiary/aromatic N) is 3. The topological polar surface area (TPSA) is 94.0 Å². The van der Waals surface area contributed by atoms with Gasteiger partial charge in [0, 0.05) is 61.0 Å². The van der Waals surface area contributed by atoms with E-state index in [1.54, 1.807) is 12.3 Å². The Morgan fingerprint density at radius 3 is 2.40 bits per heavy atom. The first-order valence-corrected chi connectivity index (χ1v) is 8.57. The predicted octanol–water partition coefficient (Wildman–Crippen LogP) is 3.62. The Morgan fingerprint density at radius 2 is 1.96 bits per heavy atom. The van der Waals surface area contributed by atoms with Gasteiger partial charge in [-0.2, -0.15) is 0 Å². The van der Waals surface area contributed by atoms with E-state index in [2.05, 4.69) is 23.7 Å². The zero-order valence-corrected chi connectivity index (χ0v) is 15.5. The molecule has 0 aliphatic carbocycles. The van der Waals surface area contributed by atoms with E-state index in [-0.39, 0.29) is 11.4 Å². The monoisotopic (exact) mass is 348 g/mol. The van der Waals surface area contributed by atoms with Gasteiger partial charge in [-0.15, -0.1) is 0 Å². The third-order valence-electron chi connectivity index (χ3n) is 3.73. The summed E-state index contributed by atoms with van der Waals surface area (Å²) < 4.78 is 5.25. The summed E-state index contributed by atoms with van der Waals surface area (Å²) in [5.74, 6) is 0.241. The number of rotatable bonds is 10. The summed E-state index contributed by atoms with van der Waals surface area (Å²) in [6.07, 6.45) is 5.02. The summed E-state index contributed by atoms with van der Waals surface area (Å²) in [4.78, 5) is 17.4. The summed E-state index contributed by atoms with van der Waals surface area (Å²) in [7, 11) is 1.44. The second-order valence-corrected chi connectivity index (χ2v) is 5.54. The fraction of sp³-hybridized carbons (Fsp3) is 0.500. The molecule has 0 bridgehead atoms. The molecule has 2 N–H and O–H groups in total. The standard InChI is InChI=1S/C18H28N4O3/c1-5-8-21(9-6-2)16-11-18(25-4)17(22(23)24)10-15(16)14(12-19)13-20-7-3/h10-13H,5-9,19H2,1-4H3. The van der Waals surface area contributed by atoms with Crippen LogP contribution in [-0.4, -0.2) is 37.9 Å². The number of nitro benzene ring substituents is 1. The Labute approximate surface area is 149 Å². The van der Waals surface area contributed by atoms with Gasteiger partial charge in [0.25, 0.3) is 0 Å². The number of anilines is 1. The van der Waals surface area contributed by atoms with E-state index in [1.807, 2.05) is 6.92 Å². The van der Waals surface area contributed by atoms with Crippen molar-refractivity contribution in [1.29, 1.82) is 0 Å². The van der Waals surface area contributed by atoms with Crippen LogP contribution in [0.1, 0.15) is 39.2 Å². The van der Waals surface area contributed by atoms with E-state index < -0.39 is 4.92 Å². The van der Waals surface area contributed by atoms with Crippen LogP contribution < -0.4 is 15.4 Å². The van der Waals surface area contributed by atoms with Gasteiger partial charge in [0.15, 0.2) is 5.75 Å². The second-order valence-electron chi connectivity index (χ2n) is 5.54. The first-order valence-electron chi connectivity index (χ1n) is 8.57. The molecule has 1 rings (SSSR count). The number of hydrogen-bond acceptors (Lipinski definition) is 6. The van der Waals surface area contributed by atoms with Crippen molar-refractivity contribution in [2.24, 2.45) is 10.7 Å². The average Bonchev–Trinajstić information content (AvgIpc) is 2.61. The van der Waals surface area contributed by atoms with Crippen LogP contribution in [0.25, 0.3) is 5.57 Å². The van der Waals surface area contributed by atoms with Crippen LogP contribution in [0.4, 0.5) is 11.4 Å². The van der Waals surface area contributed by atoms with Crippen LogP contribution in [0.5, 0.6) is 5.75 Å². The zero-order valence-electron chi connectivity index (χ0n) is 15.5. The SMILES string of the molecule is CCCN(CCC)c1cc(OC)c([N+](=O)[O-])cc1C(C=NCC)=CN. The lowest BCUT2D eigenvalue weighted by Crippen LogP contribution is -2.26. The molecule has 0 spiro atoms. The van der Waals surface area contributed by atoms with Gasteiger partial charge in [-0.3, -0.25) is 15.1 Å². The van der Waals surface area contributed by atoms with Crippen molar-refractivity contribution in [3.63, 3.8) is 0 Å². The van der Waals surface area contributed by atoms with E-state index in [4.69, 9.17) is 10.5 Å². The van der Waals surface area contributed by atoms with Crippen molar-refractivity contribution in [2.75, 3.05) is 31.6 Å². The van der Waals surface area contributed by atoms with Crippen LogP contribution in [0.15, 0.2) is 23.3 Å². The lowest BCUT2D eigenvalue weighted by atomic mass is 10.0. The molecule has 7 nitrogen and oxygen atoms in total. The van der Waals surface area contributed by atoms with Gasteiger partial charge in [0.1, 0.15) is 0 Å². The van der Waals surface area contributed by atoms with Gasteiger partial charge < -0.3 is 15.4 Å². The highest BCUT2D eigenvalue weighted by Crippen LogP contribution is 2.38. The van der Waals surface area contributed by atoms with Crippen LogP contribution >= 0.6 is 0 Å². The van der Waals surface area contributed by atoms with Crippen molar-refractivity contribution in [2.45, 2.75) is 33.6 Å². The molecule has 0 saturated carbocycles. The Morgan fingerprint density at radius 1 is 1.32 bits per heavy atom. The summed E-state index contributed by atoms with van der Waals surface area (Å²) in [6.45, 7) is 8.41. The fourth-order valence-electron chi connectivity index (χ4n) is 2.64. The lowest BCUT2D eigenvalue weighted by Gasteiger charge is -2.27. The molecule has 1 aromatic rings. The van der Waals surface area contributed by atoms with Gasteiger partial charge in [-0.05, 0) is 19.8 Å². The number of methoxy groups -OCH3 is 1. The molecular weight excluding hydrogens is 320 g/mol. The minimum absolute atomic E-state index is 0.0848. The zero-order chi connectivity index (χ0) is 18.8. The first kappa shape index (κ1) is 20.5. The van der Waals surface area contributed by atoms with Crippen molar-refractivity contribution >= 4 is 23.2 Å². The normalized spacial score (nSPS) is 11.8. The van der Waals surface area contributed by atoms with Gasteiger partial charge in [0.2, 0.25) is 0 Å². The highest BCUT2D eigenvalue weighted by molar-refractivity contribution is 6.12. The van der Waals surface area contributed by atoms with Gasteiger partial charge in [0.05, 0.1) is 12.0 Å². The molecular formula is C18H28N4O3. The molecule has 138 valence electrons. The molecule has 0 atom stereocenters. The van der Waals surface area contributed by atoms with Crippen LogP contribution in [0.3, 0.4) is 0 Å². The molecule has 0 unspecified atom stereocenters. The molecule has 7 heteroatoms. The van der Waals surface area contributed by atoms with E-state index in [1.165, 1.54) is 19.4 Å². The molecule has 0 saturated heterocycles. The minimum atomic E-state index is -0.443. The van der Waals surface area contributed by atoms with Gasteiger partial charge in [-0.25, -0.2) is 0 Å². The fourth-order valence-corrected chi connectivity index (χ4v) is 2.64. The molecule has 0 fully saturated rings. The molecule has 0 heterocycles. The highest BCUT2D eigenvalue weighted by atomic mass is 16.6. The second kappa shape index (κ2) is 10.3. The number of nitrogens with two attached hydrogens (primary N) is 1. The van der Waals surface area contributed by atoms with E-state index in [0.717, 1.165) is 31.6 Å². The summed E-state index contributed by atoms with van der Waals surface area (Å²) in [5, 5.41) is 11.4. The molecule has 0 aliphatic heterocycles. The number of hydrogen-bond donors (Lipinski definition) is 1. The van der Waals surface area contributed by atoms with Crippen molar-refractivity contribution in [3.05, 3.63) is 34.0 Å². The first-order chi connectivity index (χ1) is 12.0. The number of ether oxygens (including phenoxy) is 1. The largest absolute Gasteiger partial charge is 0.490 e. The van der Waals surface area contributed by atoms with Gasteiger partial charge >= 0.3 is 5.69 Å². The maximum atomic E-state index is 11.4. The lowest BCUT2D eigenvalue weighted by molar-refractivity contribution is -0.385. The van der Waals surface area contributed by atoms with Crippen LogP contribution in [0.2, 0.25) is 0 Å².